The van der Waals surface area contributed by atoms with Gasteiger partial charge in [0.05, 0.1) is 21.7 Å². The minimum Gasteiger partial charge on any atom is -0.348 e. The molecule has 0 aliphatic heterocycles. The normalized spacial score (nSPS) is 15.6. The second kappa shape index (κ2) is 10.6. The Kier molecular flexibility index (Phi) is 8.09. The standard InChI is InChI=1S/C23H28Cl2N4O3/c1-13(2)20(26)23(32)29-12-14(11-18(30)19-16(24)9-6-10-17(19)25)21(28-29)22(31)27-15-7-4-3-5-8-15/h6,9-10,12-13,15,20H,3-5,7-8,11,26H2,1-2H3,(H,27,31). The van der Waals surface area contributed by atoms with Gasteiger partial charge in [-0.2, -0.15) is 5.10 Å². The van der Waals surface area contributed by atoms with Crippen molar-refractivity contribution in [3.05, 3.63) is 51.3 Å². The zero-order valence-corrected chi connectivity index (χ0v) is 19.7. The number of carbonyl (C=O) groups excluding carboxylic acids is 3. The number of nitrogens with zero attached hydrogens (tertiary/aromatic N) is 2. The van der Waals surface area contributed by atoms with Gasteiger partial charge >= 0.3 is 0 Å². The quantitative estimate of drug-likeness (QED) is 0.576. The minimum atomic E-state index is -0.786. The molecule has 9 heteroatoms. The summed E-state index contributed by atoms with van der Waals surface area (Å²) in [4.78, 5) is 38.8. The van der Waals surface area contributed by atoms with Crippen molar-refractivity contribution < 1.29 is 14.4 Å². The predicted molar refractivity (Wildman–Crippen MR) is 125 cm³/mol. The molecule has 3 N–H and O–H groups in total. The van der Waals surface area contributed by atoms with E-state index in [0.29, 0.717) is 5.56 Å². The molecule has 1 unspecified atom stereocenters. The number of amides is 1. The molecule has 1 atom stereocenters. The molecule has 0 radical (unpaired) electrons. The van der Waals surface area contributed by atoms with E-state index in [1.807, 2.05) is 13.8 Å². The Hall–Kier alpha value is -2.22. The zero-order chi connectivity index (χ0) is 23.4. The van der Waals surface area contributed by atoms with E-state index in [0.717, 1.165) is 36.8 Å². The van der Waals surface area contributed by atoms with Crippen molar-refractivity contribution in [3.8, 4) is 0 Å². The second-order valence-electron chi connectivity index (χ2n) is 8.56. The Balaban J connectivity index is 1.92. The smallest absolute Gasteiger partial charge is 0.272 e. The number of hydrogen-bond donors (Lipinski definition) is 2. The van der Waals surface area contributed by atoms with Gasteiger partial charge in [0.15, 0.2) is 11.5 Å². The SMILES string of the molecule is CC(C)C(N)C(=O)n1cc(CC(=O)c2c(Cl)cccc2Cl)c(C(=O)NC2CCCCC2)n1. The van der Waals surface area contributed by atoms with Crippen molar-refractivity contribution in [2.45, 2.75) is 64.5 Å². The maximum atomic E-state index is 13.0. The van der Waals surface area contributed by atoms with Gasteiger partial charge < -0.3 is 11.1 Å². The van der Waals surface area contributed by atoms with Gasteiger partial charge in [-0.05, 0) is 30.9 Å². The van der Waals surface area contributed by atoms with Crippen LogP contribution in [0.15, 0.2) is 24.4 Å². The van der Waals surface area contributed by atoms with E-state index in [1.54, 1.807) is 18.2 Å². The number of nitrogens with one attached hydrogen (secondary N) is 1. The minimum absolute atomic E-state index is 0.0383. The summed E-state index contributed by atoms with van der Waals surface area (Å²) >= 11 is 12.4. The van der Waals surface area contributed by atoms with E-state index in [9.17, 15) is 14.4 Å². The third-order valence-electron chi connectivity index (χ3n) is 5.77. The molecule has 1 saturated carbocycles. The number of rotatable bonds is 7. The van der Waals surface area contributed by atoms with Crippen LogP contribution in [-0.4, -0.2) is 39.5 Å². The molecular formula is C23H28Cl2N4O3. The van der Waals surface area contributed by atoms with Crippen LogP contribution in [0.1, 0.15) is 77.2 Å². The van der Waals surface area contributed by atoms with Gasteiger partial charge in [-0.1, -0.05) is 62.4 Å². The predicted octanol–water partition coefficient (Wildman–Crippen LogP) is 4.30. The lowest BCUT2D eigenvalue weighted by Crippen LogP contribution is -2.40. The first kappa shape index (κ1) is 24.4. The highest BCUT2D eigenvalue weighted by molar-refractivity contribution is 6.39. The number of carbonyl (C=O) groups is 3. The van der Waals surface area contributed by atoms with Gasteiger partial charge in [0.25, 0.3) is 11.8 Å². The van der Waals surface area contributed by atoms with Crippen LogP contribution in [0.4, 0.5) is 0 Å². The lowest BCUT2D eigenvalue weighted by Gasteiger charge is -2.22. The number of Topliss-reactive ketones (excluding diaryl/α,β-unsaturated/α-hetero) is 1. The fourth-order valence-corrected chi connectivity index (χ4v) is 4.42. The Morgan fingerprint density at radius 2 is 1.78 bits per heavy atom. The molecule has 1 amide bonds. The van der Waals surface area contributed by atoms with Crippen LogP contribution in [0, 0.1) is 5.92 Å². The number of ketones is 1. The van der Waals surface area contributed by atoms with E-state index in [4.69, 9.17) is 28.9 Å². The number of aromatic nitrogens is 2. The van der Waals surface area contributed by atoms with Crippen molar-refractivity contribution >= 4 is 40.8 Å². The summed E-state index contributed by atoms with van der Waals surface area (Å²) in [7, 11) is 0. The Bertz CT molecular complexity index is 992. The van der Waals surface area contributed by atoms with Crippen molar-refractivity contribution in [1.29, 1.82) is 0 Å². The van der Waals surface area contributed by atoms with Crippen molar-refractivity contribution in [1.82, 2.24) is 15.1 Å². The first-order chi connectivity index (χ1) is 15.2. The average Bonchev–Trinajstić information content (AvgIpc) is 3.17. The molecular weight excluding hydrogens is 451 g/mol. The van der Waals surface area contributed by atoms with Gasteiger partial charge in [0.1, 0.15) is 0 Å². The van der Waals surface area contributed by atoms with E-state index < -0.39 is 17.9 Å². The van der Waals surface area contributed by atoms with Gasteiger partial charge in [0.2, 0.25) is 0 Å². The lowest BCUT2D eigenvalue weighted by molar-refractivity contribution is 0.0838. The Morgan fingerprint density at radius 1 is 1.16 bits per heavy atom. The van der Waals surface area contributed by atoms with Crippen LogP contribution in [-0.2, 0) is 6.42 Å². The molecule has 32 heavy (non-hydrogen) atoms. The van der Waals surface area contributed by atoms with E-state index in [2.05, 4.69) is 10.4 Å². The molecule has 1 aromatic carbocycles. The second-order valence-corrected chi connectivity index (χ2v) is 9.37. The molecule has 1 heterocycles. The molecule has 0 saturated heterocycles. The first-order valence-electron chi connectivity index (χ1n) is 10.9. The molecule has 1 aromatic heterocycles. The Morgan fingerprint density at radius 3 is 2.38 bits per heavy atom. The number of nitrogens with two attached hydrogens (primary N) is 1. The lowest BCUT2D eigenvalue weighted by atomic mass is 9.95. The highest BCUT2D eigenvalue weighted by Crippen LogP contribution is 2.26. The monoisotopic (exact) mass is 478 g/mol. The van der Waals surface area contributed by atoms with Crippen LogP contribution in [0.25, 0.3) is 0 Å². The van der Waals surface area contributed by atoms with E-state index >= 15 is 0 Å². The van der Waals surface area contributed by atoms with Gasteiger partial charge in [-0.25, -0.2) is 4.68 Å². The van der Waals surface area contributed by atoms with Crippen molar-refractivity contribution in [2.24, 2.45) is 11.7 Å². The van der Waals surface area contributed by atoms with E-state index in [-0.39, 0.29) is 45.5 Å². The molecule has 3 rings (SSSR count). The van der Waals surface area contributed by atoms with Gasteiger partial charge in [-0.15, -0.1) is 0 Å². The highest BCUT2D eigenvalue weighted by atomic mass is 35.5. The fraction of sp³-hybridized carbons (Fsp3) is 0.478. The summed E-state index contributed by atoms with van der Waals surface area (Å²) in [6, 6.07) is 4.06. The van der Waals surface area contributed by atoms with Crippen LogP contribution in [0.3, 0.4) is 0 Å². The molecule has 1 aliphatic carbocycles. The van der Waals surface area contributed by atoms with Crippen LogP contribution in [0.2, 0.25) is 10.0 Å². The summed E-state index contributed by atoms with van der Waals surface area (Å²) < 4.78 is 1.07. The molecule has 172 valence electrons. The average molecular weight is 479 g/mol. The molecule has 1 aliphatic rings. The van der Waals surface area contributed by atoms with Crippen molar-refractivity contribution in [3.63, 3.8) is 0 Å². The van der Waals surface area contributed by atoms with Crippen molar-refractivity contribution in [2.75, 3.05) is 0 Å². The van der Waals surface area contributed by atoms with E-state index in [1.165, 1.54) is 6.20 Å². The maximum absolute atomic E-state index is 13.0. The third kappa shape index (κ3) is 5.57. The summed E-state index contributed by atoms with van der Waals surface area (Å²) in [6.45, 7) is 3.65. The summed E-state index contributed by atoms with van der Waals surface area (Å²) in [5.41, 5.74) is 6.53. The third-order valence-corrected chi connectivity index (χ3v) is 6.40. The number of halogens is 2. The molecule has 2 aromatic rings. The van der Waals surface area contributed by atoms with Crippen LogP contribution in [0.5, 0.6) is 0 Å². The molecule has 0 bridgehead atoms. The molecule has 1 fully saturated rings. The zero-order valence-electron chi connectivity index (χ0n) is 18.2. The summed E-state index contributed by atoms with van der Waals surface area (Å²) in [6.07, 6.45) is 6.28. The number of benzene rings is 1. The van der Waals surface area contributed by atoms with Gasteiger partial charge in [-0.3, -0.25) is 14.4 Å². The Labute approximate surface area is 197 Å². The molecule has 0 spiro atoms. The first-order valence-corrected chi connectivity index (χ1v) is 11.6. The molecule has 7 nitrogen and oxygen atoms in total. The number of hydrogen-bond acceptors (Lipinski definition) is 5. The summed E-state index contributed by atoms with van der Waals surface area (Å²) in [5.74, 6) is -1.33. The van der Waals surface area contributed by atoms with Crippen LogP contribution >= 0.6 is 23.2 Å². The van der Waals surface area contributed by atoms with Crippen LogP contribution < -0.4 is 11.1 Å². The summed E-state index contributed by atoms with van der Waals surface area (Å²) in [5, 5.41) is 7.67. The topological polar surface area (TPSA) is 107 Å². The highest BCUT2D eigenvalue weighted by Gasteiger charge is 2.27. The largest absolute Gasteiger partial charge is 0.348 e. The fourth-order valence-electron chi connectivity index (χ4n) is 3.81. The maximum Gasteiger partial charge on any atom is 0.272 e. The van der Waals surface area contributed by atoms with Gasteiger partial charge in [0, 0.05) is 24.2 Å².